The number of benzene rings is 2. The van der Waals surface area contributed by atoms with Crippen molar-refractivity contribution in [3.8, 4) is 0 Å². The van der Waals surface area contributed by atoms with Crippen LogP contribution in [0.1, 0.15) is 30.4 Å². The molecule has 0 bridgehead atoms. The molecule has 3 heteroatoms. The number of hydrogen-bond donors (Lipinski definition) is 0. The molecule has 1 aliphatic rings. The van der Waals surface area contributed by atoms with E-state index in [-0.39, 0.29) is 5.41 Å². The fourth-order valence-electron chi connectivity index (χ4n) is 3.68. The number of amides is 1. The Bertz CT molecular complexity index is 590. The quantitative estimate of drug-likeness (QED) is 0.851. The van der Waals surface area contributed by atoms with Crippen molar-refractivity contribution in [2.24, 2.45) is 0 Å². The molecule has 0 spiro atoms. The van der Waals surface area contributed by atoms with Gasteiger partial charge < -0.3 is 4.90 Å². The number of nitrogens with one attached hydrogen (secondary N) is 1. The molecule has 1 radical (unpaired) electrons. The molecule has 1 N–H and O–H groups in total. The molecule has 23 heavy (non-hydrogen) atoms. The molecule has 3 nitrogen and oxygen atoms in total. The van der Waals surface area contributed by atoms with Crippen LogP contribution in [-0.4, -0.2) is 30.4 Å². The van der Waals surface area contributed by atoms with Gasteiger partial charge in [0.15, 0.2) is 0 Å². The molecular formula is C20H23N2O. The van der Waals surface area contributed by atoms with Gasteiger partial charge in [-0.25, -0.2) is 0 Å². The number of nitrogens with zero attached hydrogens (tertiary/aromatic N) is 1. The molecule has 2 aromatic carbocycles. The first-order chi connectivity index (χ1) is 11.2. The Morgan fingerprint density at radius 3 is 1.83 bits per heavy atom. The van der Waals surface area contributed by atoms with Crippen LogP contribution in [0.2, 0.25) is 0 Å². The first kappa shape index (κ1) is 15.8. The van der Waals surface area contributed by atoms with Crippen LogP contribution in [0.15, 0.2) is 60.7 Å². The maximum absolute atomic E-state index is 10.9. The van der Waals surface area contributed by atoms with Gasteiger partial charge in [-0.1, -0.05) is 60.7 Å². The predicted molar refractivity (Wildman–Crippen MR) is 92.1 cm³/mol. The zero-order valence-corrected chi connectivity index (χ0v) is 13.4. The van der Waals surface area contributed by atoms with Crippen LogP contribution >= 0.6 is 0 Å². The average molecular weight is 307 g/mol. The van der Waals surface area contributed by atoms with E-state index in [9.17, 15) is 4.79 Å². The van der Waals surface area contributed by atoms with Crippen molar-refractivity contribution in [3.05, 3.63) is 71.8 Å². The summed E-state index contributed by atoms with van der Waals surface area (Å²) in [5, 5.41) is 0. The van der Waals surface area contributed by atoms with E-state index < -0.39 is 5.91 Å². The van der Waals surface area contributed by atoms with Gasteiger partial charge in [0.1, 0.15) is 0 Å². The highest BCUT2D eigenvalue weighted by Crippen LogP contribution is 2.41. The van der Waals surface area contributed by atoms with Crippen LogP contribution in [-0.2, 0) is 10.2 Å². The van der Waals surface area contributed by atoms with Crippen molar-refractivity contribution in [1.29, 1.82) is 0 Å². The average Bonchev–Trinajstić information content (AvgIpc) is 2.62. The van der Waals surface area contributed by atoms with Crippen molar-refractivity contribution in [3.63, 3.8) is 0 Å². The summed E-state index contributed by atoms with van der Waals surface area (Å²) in [7, 11) is 0. The molecule has 1 saturated heterocycles. The van der Waals surface area contributed by atoms with Crippen LogP contribution in [0.4, 0.5) is 0 Å². The summed E-state index contributed by atoms with van der Waals surface area (Å²) in [6.07, 6.45) is 2.43. The zero-order valence-electron chi connectivity index (χ0n) is 13.4. The summed E-state index contributed by atoms with van der Waals surface area (Å²) in [5.74, 6) is -0.465. The summed E-state index contributed by atoms with van der Waals surface area (Å²) in [4.78, 5) is 13.2. The van der Waals surface area contributed by atoms with Crippen molar-refractivity contribution in [2.45, 2.75) is 24.7 Å². The Kier molecular flexibility index (Phi) is 4.77. The minimum atomic E-state index is -0.465. The molecule has 119 valence electrons. The molecule has 0 aliphatic carbocycles. The standard InChI is InChI=1S/C20H23N2O/c21-19(23)11-14-22-15-12-20(13-16-22,17-7-3-1-4-8-17)18-9-5-2-6-10-18/h1-10,21H,11-16H2. The Hall–Kier alpha value is -2.13. The Morgan fingerprint density at radius 1 is 0.913 bits per heavy atom. The highest BCUT2D eigenvalue weighted by molar-refractivity contribution is 5.73. The van der Waals surface area contributed by atoms with E-state index in [4.69, 9.17) is 5.73 Å². The molecule has 0 unspecified atom stereocenters. The van der Waals surface area contributed by atoms with Crippen molar-refractivity contribution >= 4 is 5.91 Å². The van der Waals surface area contributed by atoms with Gasteiger partial charge in [-0.2, -0.15) is 0 Å². The topological polar surface area (TPSA) is 44.1 Å². The second-order valence-corrected chi connectivity index (χ2v) is 6.33. The largest absolute Gasteiger partial charge is 0.303 e. The lowest BCUT2D eigenvalue weighted by Gasteiger charge is -2.43. The Labute approximate surface area is 138 Å². The Balaban J connectivity index is 1.84. The van der Waals surface area contributed by atoms with E-state index in [1.54, 1.807) is 0 Å². The van der Waals surface area contributed by atoms with E-state index in [1.165, 1.54) is 11.1 Å². The van der Waals surface area contributed by atoms with Gasteiger partial charge in [0.2, 0.25) is 5.91 Å². The summed E-state index contributed by atoms with van der Waals surface area (Å²) >= 11 is 0. The van der Waals surface area contributed by atoms with E-state index in [0.717, 1.165) is 25.9 Å². The molecule has 0 saturated carbocycles. The number of rotatable bonds is 5. The normalized spacial score (nSPS) is 17.7. The van der Waals surface area contributed by atoms with Crippen molar-refractivity contribution in [1.82, 2.24) is 10.6 Å². The van der Waals surface area contributed by atoms with Crippen LogP contribution < -0.4 is 5.73 Å². The summed E-state index contributed by atoms with van der Waals surface area (Å²) in [6.45, 7) is 2.65. The van der Waals surface area contributed by atoms with Crippen molar-refractivity contribution in [2.75, 3.05) is 19.6 Å². The molecule has 3 rings (SSSR count). The highest BCUT2D eigenvalue weighted by Gasteiger charge is 2.37. The van der Waals surface area contributed by atoms with Crippen LogP contribution in [0.25, 0.3) is 0 Å². The smallest absolute Gasteiger partial charge is 0.239 e. The SMILES string of the molecule is [NH]C(=O)CCN1CCC(c2ccccc2)(c2ccccc2)CC1. The third kappa shape index (κ3) is 3.45. The zero-order chi connectivity index (χ0) is 16.1. The second-order valence-electron chi connectivity index (χ2n) is 6.33. The minimum absolute atomic E-state index is 0.0595. The molecular weight excluding hydrogens is 284 g/mol. The molecule has 1 aliphatic heterocycles. The van der Waals surface area contributed by atoms with Crippen molar-refractivity contribution < 1.29 is 4.79 Å². The Morgan fingerprint density at radius 2 is 1.39 bits per heavy atom. The van der Waals surface area contributed by atoms with Gasteiger partial charge in [0.05, 0.1) is 0 Å². The second kappa shape index (κ2) is 6.97. The van der Waals surface area contributed by atoms with Gasteiger partial charge in [0.25, 0.3) is 0 Å². The van der Waals surface area contributed by atoms with Gasteiger partial charge in [0, 0.05) is 18.4 Å². The first-order valence-electron chi connectivity index (χ1n) is 8.28. The van der Waals surface area contributed by atoms with Gasteiger partial charge in [-0.3, -0.25) is 10.5 Å². The summed E-state index contributed by atoms with van der Waals surface area (Å²) in [5.41, 5.74) is 9.89. The van der Waals surface area contributed by atoms with E-state index in [1.807, 2.05) is 0 Å². The summed E-state index contributed by atoms with van der Waals surface area (Å²) in [6, 6.07) is 21.5. The molecule has 2 aromatic rings. The molecule has 1 amide bonds. The number of carbonyl (C=O) groups excluding carboxylic acids is 1. The van der Waals surface area contributed by atoms with Gasteiger partial charge >= 0.3 is 0 Å². The molecule has 0 aromatic heterocycles. The number of piperidine rings is 1. The fraction of sp³-hybridized carbons (Fsp3) is 0.350. The van der Waals surface area contributed by atoms with E-state index >= 15 is 0 Å². The fourth-order valence-corrected chi connectivity index (χ4v) is 3.68. The number of hydrogen-bond acceptors (Lipinski definition) is 2. The third-order valence-electron chi connectivity index (χ3n) is 5.02. The lowest BCUT2D eigenvalue weighted by molar-refractivity contribution is -0.119. The minimum Gasteiger partial charge on any atom is -0.303 e. The molecule has 0 atom stereocenters. The lowest BCUT2D eigenvalue weighted by atomic mass is 9.68. The lowest BCUT2D eigenvalue weighted by Crippen LogP contribution is -2.44. The van der Waals surface area contributed by atoms with E-state index in [2.05, 4.69) is 65.6 Å². The number of likely N-dealkylation sites (tertiary alicyclic amines) is 1. The van der Waals surface area contributed by atoms with Crippen LogP contribution in [0.3, 0.4) is 0 Å². The van der Waals surface area contributed by atoms with Gasteiger partial charge in [-0.05, 0) is 37.1 Å². The molecule has 1 heterocycles. The molecule has 1 fully saturated rings. The monoisotopic (exact) mass is 307 g/mol. The van der Waals surface area contributed by atoms with Crippen LogP contribution in [0.5, 0.6) is 0 Å². The van der Waals surface area contributed by atoms with Crippen LogP contribution in [0, 0.1) is 0 Å². The van der Waals surface area contributed by atoms with Gasteiger partial charge in [-0.15, -0.1) is 0 Å². The number of carbonyl (C=O) groups is 1. The first-order valence-corrected chi connectivity index (χ1v) is 8.28. The van der Waals surface area contributed by atoms with E-state index in [0.29, 0.717) is 13.0 Å². The maximum atomic E-state index is 10.9. The predicted octanol–water partition coefficient (Wildman–Crippen LogP) is 3.27. The highest BCUT2D eigenvalue weighted by atomic mass is 16.1. The summed E-state index contributed by atoms with van der Waals surface area (Å²) < 4.78 is 0. The maximum Gasteiger partial charge on any atom is 0.239 e. The third-order valence-corrected chi connectivity index (χ3v) is 5.02.